The summed E-state index contributed by atoms with van der Waals surface area (Å²) < 4.78 is 1.29. The molecule has 1 nitrogen and oxygen atoms in total. The molecule has 0 aliphatic rings. The molecule has 3 heteroatoms. The second kappa shape index (κ2) is 11.7. The van der Waals surface area contributed by atoms with Crippen LogP contribution in [0.25, 0.3) is 0 Å². The number of hydrogen-bond donors (Lipinski definition) is 1. The average Bonchev–Trinajstić information content (AvgIpc) is 2.80. The van der Waals surface area contributed by atoms with Crippen molar-refractivity contribution in [3.63, 3.8) is 0 Å². The van der Waals surface area contributed by atoms with E-state index in [0.29, 0.717) is 6.04 Å². The van der Waals surface area contributed by atoms with E-state index < -0.39 is 0 Å². The molecule has 21 heavy (non-hydrogen) atoms. The van der Waals surface area contributed by atoms with E-state index in [1.54, 1.807) is 0 Å². The number of halogens is 1. The van der Waals surface area contributed by atoms with Gasteiger partial charge in [0.05, 0.1) is 3.79 Å². The molecule has 0 saturated carbocycles. The van der Waals surface area contributed by atoms with Crippen LogP contribution in [0.15, 0.2) is 9.85 Å². The number of thiophene rings is 1. The van der Waals surface area contributed by atoms with E-state index >= 15 is 0 Å². The number of unbranched alkanes of at least 4 members (excludes halogenated alkanes) is 7. The Kier molecular flexibility index (Phi) is 10.7. The second-order valence-corrected chi connectivity index (χ2v) is 8.38. The molecule has 1 aromatic rings. The second-order valence-electron chi connectivity index (χ2n) is 5.98. The van der Waals surface area contributed by atoms with Gasteiger partial charge in [0, 0.05) is 10.9 Å². The Morgan fingerprint density at radius 2 is 1.67 bits per heavy atom. The molecule has 0 fully saturated rings. The fourth-order valence-corrected chi connectivity index (χ4v) is 4.41. The first kappa shape index (κ1) is 19.2. The molecule has 0 saturated heterocycles. The third kappa shape index (κ3) is 7.80. The molecule has 1 rings (SSSR count). The van der Waals surface area contributed by atoms with Gasteiger partial charge in [-0.3, -0.25) is 0 Å². The molecule has 1 heterocycles. The molecule has 0 spiro atoms. The Balaban J connectivity index is 2.22. The van der Waals surface area contributed by atoms with Crippen molar-refractivity contribution < 1.29 is 0 Å². The van der Waals surface area contributed by atoms with Gasteiger partial charge in [-0.1, -0.05) is 65.2 Å². The SMILES string of the molecule is CCCCCCCCCCC(NCC)c1cc(C)c(Br)s1. The Bertz CT molecular complexity index is 356. The summed E-state index contributed by atoms with van der Waals surface area (Å²) in [6.45, 7) is 7.72. The first-order valence-corrected chi connectivity index (χ1v) is 10.3. The van der Waals surface area contributed by atoms with E-state index in [0.717, 1.165) is 6.54 Å². The van der Waals surface area contributed by atoms with Gasteiger partial charge in [-0.2, -0.15) is 0 Å². The average molecular weight is 374 g/mol. The van der Waals surface area contributed by atoms with E-state index in [1.807, 2.05) is 11.3 Å². The lowest BCUT2D eigenvalue weighted by molar-refractivity contribution is 0.480. The molecule has 1 N–H and O–H groups in total. The standard InChI is InChI=1S/C18H32BrNS/c1-4-6-7-8-9-10-11-12-13-16(20-5-2)17-14-15(3)18(19)21-17/h14,16,20H,4-13H2,1-3H3. The summed E-state index contributed by atoms with van der Waals surface area (Å²) in [5.74, 6) is 0. The van der Waals surface area contributed by atoms with Gasteiger partial charge in [0.1, 0.15) is 0 Å². The zero-order valence-corrected chi connectivity index (χ0v) is 16.4. The third-order valence-corrected chi connectivity index (χ3v) is 6.27. The van der Waals surface area contributed by atoms with Crippen LogP contribution < -0.4 is 5.32 Å². The lowest BCUT2D eigenvalue weighted by Crippen LogP contribution is -2.19. The number of aryl methyl sites for hydroxylation is 1. The largest absolute Gasteiger partial charge is 0.310 e. The van der Waals surface area contributed by atoms with Crippen molar-refractivity contribution in [3.8, 4) is 0 Å². The van der Waals surface area contributed by atoms with E-state index in [2.05, 4.69) is 48.1 Å². The maximum atomic E-state index is 3.65. The van der Waals surface area contributed by atoms with Crippen LogP contribution in [-0.2, 0) is 0 Å². The minimum absolute atomic E-state index is 0.546. The molecule has 0 aliphatic carbocycles. The molecular formula is C18H32BrNS. The molecule has 1 unspecified atom stereocenters. The van der Waals surface area contributed by atoms with Crippen LogP contribution in [0.1, 0.15) is 88.1 Å². The molecular weight excluding hydrogens is 342 g/mol. The van der Waals surface area contributed by atoms with Crippen molar-refractivity contribution in [1.29, 1.82) is 0 Å². The Morgan fingerprint density at radius 3 is 2.19 bits per heavy atom. The molecule has 0 amide bonds. The molecule has 1 aromatic heterocycles. The highest BCUT2D eigenvalue weighted by molar-refractivity contribution is 9.11. The summed E-state index contributed by atoms with van der Waals surface area (Å²) >= 11 is 5.54. The Morgan fingerprint density at radius 1 is 1.05 bits per heavy atom. The highest BCUT2D eigenvalue weighted by Crippen LogP contribution is 2.33. The summed E-state index contributed by atoms with van der Waals surface area (Å²) in [5, 5.41) is 3.65. The van der Waals surface area contributed by atoms with Gasteiger partial charge in [0.2, 0.25) is 0 Å². The zero-order chi connectivity index (χ0) is 15.5. The van der Waals surface area contributed by atoms with Gasteiger partial charge >= 0.3 is 0 Å². The van der Waals surface area contributed by atoms with Gasteiger partial charge in [0.25, 0.3) is 0 Å². The van der Waals surface area contributed by atoms with Crippen molar-refractivity contribution in [2.45, 2.75) is 84.6 Å². The van der Waals surface area contributed by atoms with Crippen LogP contribution in [0, 0.1) is 6.92 Å². The highest BCUT2D eigenvalue weighted by atomic mass is 79.9. The smallest absolute Gasteiger partial charge is 0.0731 e. The van der Waals surface area contributed by atoms with E-state index in [1.165, 1.54) is 72.0 Å². The first-order chi connectivity index (χ1) is 10.2. The first-order valence-electron chi connectivity index (χ1n) is 8.68. The highest BCUT2D eigenvalue weighted by Gasteiger charge is 2.13. The van der Waals surface area contributed by atoms with Crippen LogP contribution >= 0.6 is 27.3 Å². The molecule has 0 aromatic carbocycles. The topological polar surface area (TPSA) is 12.0 Å². The van der Waals surface area contributed by atoms with E-state index in [4.69, 9.17) is 0 Å². The summed E-state index contributed by atoms with van der Waals surface area (Å²) in [6.07, 6.45) is 12.5. The monoisotopic (exact) mass is 373 g/mol. The molecule has 0 radical (unpaired) electrons. The molecule has 0 bridgehead atoms. The zero-order valence-electron chi connectivity index (χ0n) is 14.0. The Labute approximate surface area is 144 Å². The van der Waals surface area contributed by atoms with Crippen LogP contribution in [0.4, 0.5) is 0 Å². The molecule has 122 valence electrons. The van der Waals surface area contributed by atoms with Gasteiger partial charge in [-0.25, -0.2) is 0 Å². The predicted octanol–water partition coefficient (Wildman–Crippen LogP) is 7.00. The van der Waals surface area contributed by atoms with Crippen molar-refractivity contribution in [3.05, 3.63) is 20.3 Å². The maximum Gasteiger partial charge on any atom is 0.0731 e. The van der Waals surface area contributed by atoms with Crippen LogP contribution in [0.5, 0.6) is 0 Å². The van der Waals surface area contributed by atoms with Crippen molar-refractivity contribution in [2.75, 3.05) is 6.54 Å². The number of hydrogen-bond acceptors (Lipinski definition) is 2. The summed E-state index contributed by atoms with van der Waals surface area (Å²) in [7, 11) is 0. The van der Waals surface area contributed by atoms with Crippen LogP contribution in [0.3, 0.4) is 0 Å². The van der Waals surface area contributed by atoms with Gasteiger partial charge in [-0.05, 0) is 47.4 Å². The van der Waals surface area contributed by atoms with Gasteiger partial charge in [0.15, 0.2) is 0 Å². The molecule has 1 atom stereocenters. The van der Waals surface area contributed by atoms with Crippen molar-refractivity contribution in [1.82, 2.24) is 5.32 Å². The fraction of sp³-hybridized carbons (Fsp3) is 0.778. The van der Waals surface area contributed by atoms with E-state index in [9.17, 15) is 0 Å². The van der Waals surface area contributed by atoms with Crippen molar-refractivity contribution in [2.24, 2.45) is 0 Å². The van der Waals surface area contributed by atoms with Crippen LogP contribution in [-0.4, -0.2) is 6.54 Å². The molecule has 0 aliphatic heterocycles. The lowest BCUT2D eigenvalue weighted by Gasteiger charge is -2.16. The Hall–Kier alpha value is 0.140. The maximum absolute atomic E-state index is 3.65. The minimum Gasteiger partial charge on any atom is -0.310 e. The van der Waals surface area contributed by atoms with Gasteiger partial charge in [-0.15, -0.1) is 11.3 Å². The van der Waals surface area contributed by atoms with Crippen LogP contribution in [0.2, 0.25) is 0 Å². The van der Waals surface area contributed by atoms with Crippen molar-refractivity contribution >= 4 is 27.3 Å². The summed E-state index contributed by atoms with van der Waals surface area (Å²) in [5.41, 5.74) is 1.37. The predicted molar refractivity (Wildman–Crippen MR) is 100 cm³/mol. The fourth-order valence-electron chi connectivity index (χ4n) is 2.73. The minimum atomic E-state index is 0.546. The summed E-state index contributed by atoms with van der Waals surface area (Å²) in [6, 6.07) is 2.89. The van der Waals surface area contributed by atoms with E-state index in [-0.39, 0.29) is 0 Å². The quantitative estimate of drug-likeness (QED) is 0.388. The third-order valence-electron chi connectivity index (χ3n) is 4.02. The summed E-state index contributed by atoms with van der Waals surface area (Å²) in [4.78, 5) is 1.49. The van der Waals surface area contributed by atoms with Gasteiger partial charge < -0.3 is 5.32 Å². The number of nitrogens with one attached hydrogen (secondary N) is 1. The normalized spacial score (nSPS) is 12.8. The number of rotatable bonds is 12. The lowest BCUT2D eigenvalue weighted by atomic mass is 10.0.